The van der Waals surface area contributed by atoms with Gasteiger partial charge >= 0.3 is 6.36 Å². The molecule has 0 spiro atoms. The van der Waals surface area contributed by atoms with Crippen molar-refractivity contribution in [3.8, 4) is 0 Å². The molecule has 2 N–H and O–H groups in total. The maximum atomic E-state index is 12.6. The van der Waals surface area contributed by atoms with Crippen LogP contribution >= 0.6 is 0 Å². The topological polar surface area (TPSA) is 53.6 Å². The van der Waals surface area contributed by atoms with Gasteiger partial charge in [-0.1, -0.05) is 26.0 Å². The number of nitrogens with one attached hydrogen (secondary N) is 2. The van der Waals surface area contributed by atoms with E-state index in [2.05, 4.69) is 34.1 Å². The van der Waals surface area contributed by atoms with Crippen LogP contribution in [0.5, 0.6) is 0 Å². The van der Waals surface area contributed by atoms with Gasteiger partial charge in [0.2, 0.25) is 0 Å². The van der Waals surface area contributed by atoms with Gasteiger partial charge in [-0.05, 0) is 43.8 Å². The van der Waals surface area contributed by atoms with Crippen molar-refractivity contribution in [3.05, 3.63) is 53.4 Å². The maximum absolute atomic E-state index is 12.6. The van der Waals surface area contributed by atoms with Gasteiger partial charge in [0.05, 0.1) is 5.56 Å². The SMILES string of the molecule is CCN(CC)CCNc1ccccc1C(=O)NC1=CC=C(OC(F)(F)F)CC1. The number of allylic oxidation sites excluding steroid dienone is 4. The molecule has 0 fully saturated rings. The molecule has 0 saturated heterocycles. The first-order chi connectivity index (χ1) is 13.3. The molecule has 0 radical (unpaired) electrons. The molecule has 0 bridgehead atoms. The lowest BCUT2D eigenvalue weighted by atomic mass is 10.1. The lowest BCUT2D eigenvalue weighted by Gasteiger charge is -2.20. The Hall–Kier alpha value is -2.48. The Morgan fingerprint density at radius 1 is 1.14 bits per heavy atom. The van der Waals surface area contributed by atoms with Crippen LogP contribution in [-0.2, 0) is 4.74 Å². The Morgan fingerprint density at radius 2 is 1.86 bits per heavy atom. The van der Waals surface area contributed by atoms with Crippen molar-refractivity contribution in [1.29, 1.82) is 0 Å². The van der Waals surface area contributed by atoms with Crippen molar-refractivity contribution in [3.63, 3.8) is 0 Å². The van der Waals surface area contributed by atoms with Crippen molar-refractivity contribution >= 4 is 11.6 Å². The van der Waals surface area contributed by atoms with Gasteiger partial charge in [0, 0.05) is 30.9 Å². The molecule has 8 heteroatoms. The number of rotatable bonds is 9. The highest BCUT2D eigenvalue weighted by molar-refractivity contribution is 6.00. The Morgan fingerprint density at radius 3 is 2.46 bits per heavy atom. The molecule has 0 saturated carbocycles. The largest absolute Gasteiger partial charge is 0.572 e. The zero-order valence-corrected chi connectivity index (χ0v) is 16.1. The number of anilines is 1. The number of para-hydroxylation sites is 1. The Balaban J connectivity index is 1.97. The van der Waals surface area contributed by atoms with E-state index >= 15 is 0 Å². The third kappa shape index (κ3) is 6.92. The Labute approximate surface area is 163 Å². The summed E-state index contributed by atoms with van der Waals surface area (Å²) in [4.78, 5) is 14.9. The van der Waals surface area contributed by atoms with Crippen LogP contribution < -0.4 is 10.6 Å². The van der Waals surface area contributed by atoms with Gasteiger partial charge in [0.15, 0.2) is 0 Å². The zero-order chi connectivity index (χ0) is 20.6. The predicted octanol–water partition coefficient (Wildman–Crippen LogP) is 4.27. The fourth-order valence-electron chi connectivity index (χ4n) is 2.89. The minimum absolute atomic E-state index is 0.0788. The Bertz CT molecular complexity index is 726. The van der Waals surface area contributed by atoms with Crippen LogP contribution in [0.3, 0.4) is 0 Å². The quantitative estimate of drug-likeness (QED) is 0.654. The second kappa shape index (κ2) is 10.2. The first kappa shape index (κ1) is 21.8. The number of carbonyl (C=O) groups excluding carboxylic acids is 1. The van der Waals surface area contributed by atoms with Gasteiger partial charge in [0.25, 0.3) is 5.91 Å². The van der Waals surface area contributed by atoms with Gasteiger partial charge in [-0.25, -0.2) is 0 Å². The van der Waals surface area contributed by atoms with Gasteiger partial charge in [0.1, 0.15) is 5.76 Å². The molecule has 2 rings (SSSR count). The van der Waals surface area contributed by atoms with Crippen molar-refractivity contribution in [2.75, 3.05) is 31.5 Å². The van der Waals surface area contributed by atoms with Crippen LogP contribution in [0.15, 0.2) is 47.9 Å². The molecule has 1 aliphatic carbocycles. The molecular weight excluding hydrogens is 371 g/mol. The van der Waals surface area contributed by atoms with Crippen molar-refractivity contribution in [2.24, 2.45) is 0 Å². The molecule has 1 aromatic rings. The number of hydrogen-bond acceptors (Lipinski definition) is 4. The van der Waals surface area contributed by atoms with Crippen molar-refractivity contribution in [2.45, 2.75) is 33.1 Å². The van der Waals surface area contributed by atoms with E-state index < -0.39 is 6.36 Å². The lowest BCUT2D eigenvalue weighted by Crippen LogP contribution is -2.29. The summed E-state index contributed by atoms with van der Waals surface area (Å²) in [7, 11) is 0. The summed E-state index contributed by atoms with van der Waals surface area (Å²) in [5.74, 6) is -0.463. The van der Waals surface area contributed by atoms with Crippen molar-refractivity contribution < 1.29 is 22.7 Å². The molecule has 154 valence electrons. The summed E-state index contributed by atoms with van der Waals surface area (Å²) in [6.45, 7) is 7.69. The van der Waals surface area contributed by atoms with E-state index in [9.17, 15) is 18.0 Å². The van der Waals surface area contributed by atoms with E-state index in [0.717, 1.165) is 25.3 Å². The van der Waals surface area contributed by atoms with E-state index in [1.165, 1.54) is 12.2 Å². The van der Waals surface area contributed by atoms with Crippen LogP contribution in [-0.4, -0.2) is 43.3 Å². The molecule has 1 aliphatic rings. The summed E-state index contributed by atoms with van der Waals surface area (Å²) in [6, 6.07) is 7.17. The number of ether oxygens (including phenoxy) is 1. The molecule has 1 aromatic carbocycles. The van der Waals surface area contributed by atoms with Crippen LogP contribution in [0.4, 0.5) is 18.9 Å². The summed E-state index contributed by atoms with van der Waals surface area (Å²) in [6.07, 6.45) is -1.67. The third-order valence-corrected chi connectivity index (χ3v) is 4.44. The van der Waals surface area contributed by atoms with E-state index in [4.69, 9.17) is 0 Å². The molecular formula is C20H26F3N3O2. The van der Waals surface area contributed by atoms with Gasteiger partial charge in [-0.2, -0.15) is 0 Å². The lowest BCUT2D eigenvalue weighted by molar-refractivity contribution is -0.306. The molecule has 0 aliphatic heterocycles. The second-order valence-corrected chi connectivity index (χ2v) is 6.33. The van der Waals surface area contributed by atoms with Crippen molar-refractivity contribution in [1.82, 2.24) is 10.2 Å². The maximum Gasteiger partial charge on any atom is 0.572 e. The molecule has 0 unspecified atom stereocenters. The highest BCUT2D eigenvalue weighted by atomic mass is 19.4. The number of alkyl halides is 3. The van der Waals surface area contributed by atoms with Crippen LogP contribution in [0.25, 0.3) is 0 Å². The summed E-state index contributed by atoms with van der Waals surface area (Å²) in [5, 5.41) is 6.06. The van der Waals surface area contributed by atoms with Gasteiger partial charge in [-0.15, -0.1) is 13.2 Å². The summed E-state index contributed by atoms with van der Waals surface area (Å²) < 4.78 is 40.6. The van der Waals surface area contributed by atoms with E-state index in [-0.39, 0.29) is 24.5 Å². The molecule has 0 atom stereocenters. The molecule has 0 aromatic heterocycles. The molecule has 5 nitrogen and oxygen atoms in total. The summed E-state index contributed by atoms with van der Waals surface area (Å²) >= 11 is 0. The van der Waals surface area contributed by atoms with E-state index in [1.54, 1.807) is 12.1 Å². The highest BCUT2D eigenvalue weighted by Crippen LogP contribution is 2.26. The number of amides is 1. The Kier molecular flexibility index (Phi) is 7.92. The molecule has 28 heavy (non-hydrogen) atoms. The van der Waals surface area contributed by atoms with Crippen LogP contribution in [0, 0.1) is 0 Å². The normalized spacial score (nSPS) is 14.4. The number of hydrogen-bond donors (Lipinski definition) is 2. The number of halogens is 3. The van der Waals surface area contributed by atoms with E-state index in [0.29, 0.717) is 17.8 Å². The fourth-order valence-corrected chi connectivity index (χ4v) is 2.89. The summed E-state index contributed by atoms with van der Waals surface area (Å²) in [5.41, 5.74) is 1.77. The standard InChI is InChI=1S/C20H26F3N3O2/c1-3-26(4-2)14-13-24-18-8-6-5-7-17(18)19(27)25-15-9-11-16(12-10-15)28-20(21,22)23/h5-9,11,24H,3-4,10,12-14H2,1-2H3,(H,25,27). The minimum Gasteiger partial charge on any atom is -0.410 e. The highest BCUT2D eigenvalue weighted by Gasteiger charge is 2.32. The minimum atomic E-state index is -4.70. The fraction of sp³-hybridized carbons (Fsp3) is 0.450. The number of nitrogens with zero attached hydrogens (tertiary/aromatic N) is 1. The number of carbonyl (C=O) groups is 1. The second-order valence-electron chi connectivity index (χ2n) is 6.33. The average molecular weight is 397 g/mol. The monoisotopic (exact) mass is 397 g/mol. The third-order valence-electron chi connectivity index (χ3n) is 4.44. The predicted molar refractivity (Wildman–Crippen MR) is 103 cm³/mol. The smallest absolute Gasteiger partial charge is 0.410 e. The van der Waals surface area contributed by atoms with E-state index in [1.807, 2.05) is 12.1 Å². The average Bonchev–Trinajstić information content (AvgIpc) is 2.66. The van der Waals surface area contributed by atoms with Gasteiger partial charge < -0.3 is 20.3 Å². The number of benzene rings is 1. The first-order valence-electron chi connectivity index (χ1n) is 9.34. The van der Waals surface area contributed by atoms with Gasteiger partial charge in [-0.3, -0.25) is 4.79 Å². The molecule has 1 amide bonds. The van der Waals surface area contributed by atoms with Crippen LogP contribution in [0.2, 0.25) is 0 Å². The zero-order valence-electron chi connectivity index (χ0n) is 16.1. The molecule has 0 heterocycles. The number of likely N-dealkylation sites (N-methyl/N-ethyl adjacent to an activating group) is 1. The first-order valence-corrected chi connectivity index (χ1v) is 9.34. The van der Waals surface area contributed by atoms with Crippen LogP contribution in [0.1, 0.15) is 37.0 Å².